The van der Waals surface area contributed by atoms with Crippen molar-refractivity contribution in [2.45, 2.75) is 39.9 Å². The second kappa shape index (κ2) is 5.17. The van der Waals surface area contributed by atoms with Crippen LogP contribution in [0.25, 0.3) is 0 Å². The summed E-state index contributed by atoms with van der Waals surface area (Å²) in [5, 5.41) is 8.86. The molecule has 0 amide bonds. The van der Waals surface area contributed by atoms with Crippen molar-refractivity contribution in [3.8, 4) is 12.3 Å². The molecule has 0 aromatic rings. The molecule has 0 saturated carbocycles. The van der Waals surface area contributed by atoms with E-state index in [4.69, 9.17) is 16.3 Å². The quantitative estimate of drug-likeness (QED) is 0.616. The summed E-state index contributed by atoms with van der Waals surface area (Å²) in [4.78, 5) is 0. The molecule has 1 N–H and O–H groups in total. The Hall–Kier alpha value is -0.520. The Morgan fingerprint density at radius 1 is 1.55 bits per heavy atom. The van der Waals surface area contributed by atoms with E-state index < -0.39 is 6.10 Å². The van der Waals surface area contributed by atoms with Crippen LogP contribution in [0, 0.1) is 12.3 Å². The molecule has 66 valence electrons. The number of aliphatic hydroxyl groups is 1. The summed E-state index contributed by atoms with van der Waals surface area (Å²) in [7, 11) is 0. The van der Waals surface area contributed by atoms with Crippen molar-refractivity contribution in [3.05, 3.63) is 0 Å². The Balaban J connectivity index is 0. The minimum absolute atomic E-state index is 0. The average Bonchev–Trinajstić information content (AvgIpc) is 1.81. The van der Waals surface area contributed by atoms with Gasteiger partial charge < -0.3 is 9.84 Å². The lowest BCUT2D eigenvalue weighted by Crippen LogP contribution is -2.25. The van der Waals surface area contributed by atoms with E-state index in [1.807, 2.05) is 20.8 Å². The van der Waals surface area contributed by atoms with E-state index in [1.165, 1.54) is 0 Å². The van der Waals surface area contributed by atoms with E-state index in [0.717, 1.165) is 0 Å². The molecular formula is C9H18O2. The highest BCUT2D eigenvalue weighted by Crippen LogP contribution is 2.06. The van der Waals surface area contributed by atoms with Gasteiger partial charge in [-0.25, -0.2) is 0 Å². The lowest BCUT2D eigenvalue weighted by atomic mass is 10.2. The number of aliphatic hydroxyl groups excluding tert-OH is 1. The van der Waals surface area contributed by atoms with E-state index in [-0.39, 0.29) is 19.6 Å². The number of terminal acetylenes is 1. The first-order chi connectivity index (χ1) is 4.45. The molecule has 0 aliphatic rings. The normalized spacial score (nSPS) is 13.0. The fourth-order valence-corrected chi connectivity index (χ4v) is 0.377. The van der Waals surface area contributed by atoms with Crippen LogP contribution in [-0.2, 0) is 4.74 Å². The molecule has 0 heterocycles. The van der Waals surface area contributed by atoms with Gasteiger partial charge in [-0.1, -0.05) is 13.3 Å². The highest BCUT2D eigenvalue weighted by Gasteiger charge is 2.11. The monoisotopic (exact) mass is 158 g/mol. The Morgan fingerprint density at radius 2 is 2.00 bits per heavy atom. The van der Waals surface area contributed by atoms with E-state index in [9.17, 15) is 0 Å². The third kappa shape index (κ3) is 9.48. The molecule has 2 nitrogen and oxygen atoms in total. The van der Waals surface area contributed by atoms with Gasteiger partial charge in [0.1, 0.15) is 6.10 Å². The van der Waals surface area contributed by atoms with Gasteiger partial charge >= 0.3 is 0 Å². The second-order valence-corrected chi connectivity index (χ2v) is 3.11. The largest absolute Gasteiger partial charge is 0.378 e. The van der Waals surface area contributed by atoms with Crippen molar-refractivity contribution in [1.29, 1.82) is 0 Å². The van der Waals surface area contributed by atoms with Crippen LogP contribution in [-0.4, -0.2) is 23.4 Å². The number of rotatable bonds is 2. The number of ether oxygens (including phenoxy) is 1. The molecular weight excluding hydrogens is 140 g/mol. The zero-order valence-electron chi connectivity index (χ0n) is 6.72. The van der Waals surface area contributed by atoms with E-state index in [2.05, 4.69) is 5.92 Å². The first kappa shape index (κ1) is 13.1. The van der Waals surface area contributed by atoms with Crippen LogP contribution in [0.5, 0.6) is 0 Å². The summed E-state index contributed by atoms with van der Waals surface area (Å²) >= 11 is 0. The number of hydrogen-bond donors (Lipinski definition) is 1. The van der Waals surface area contributed by atoms with Gasteiger partial charge in [-0.05, 0) is 20.8 Å². The Morgan fingerprint density at radius 3 is 2.27 bits per heavy atom. The maximum Gasteiger partial charge on any atom is 0.137 e. The van der Waals surface area contributed by atoms with Gasteiger partial charge in [0.15, 0.2) is 0 Å². The van der Waals surface area contributed by atoms with Gasteiger partial charge in [0.05, 0.1) is 12.2 Å². The first-order valence-corrected chi connectivity index (χ1v) is 3.24. The summed E-state index contributed by atoms with van der Waals surface area (Å²) in [5.41, 5.74) is -0.224. The summed E-state index contributed by atoms with van der Waals surface area (Å²) in [5.74, 6) is 2.17. The lowest BCUT2D eigenvalue weighted by molar-refractivity contribution is -0.0345. The second-order valence-electron chi connectivity index (χ2n) is 3.11. The Labute approximate surface area is 69.6 Å². The summed E-state index contributed by atoms with van der Waals surface area (Å²) < 4.78 is 5.19. The molecule has 11 heavy (non-hydrogen) atoms. The van der Waals surface area contributed by atoms with Crippen molar-refractivity contribution in [3.63, 3.8) is 0 Å². The molecule has 2 heteroatoms. The van der Waals surface area contributed by atoms with Gasteiger partial charge in [-0.3, -0.25) is 0 Å². The molecule has 0 saturated heterocycles. The van der Waals surface area contributed by atoms with Crippen LogP contribution >= 0.6 is 0 Å². The molecule has 0 bridgehead atoms. The Kier molecular flexibility index (Phi) is 6.16. The molecule has 0 aromatic carbocycles. The van der Waals surface area contributed by atoms with Crippen molar-refractivity contribution in [1.82, 2.24) is 0 Å². The predicted molar refractivity (Wildman–Crippen MR) is 47.3 cm³/mol. The van der Waals surface area contributed by atoms with Gasteiger partial charge in [0.2, 0.25) is 0 Å². The van der Waals surface area contributed by atoms with Gasteiger partial charge in [-0.2, -0.15) is 0 Å². The van der Waals surface area contributed by atoms with Crippen LogP contribution in [0.2, 0.25) is 0 Å². The molecule has 1 atom stereocenters. The average molecular weight is 158 g/mol. The van der Waals surface area contributed by atoms with Gasteiger partial charge in [-0.15, -0.1) is 6.42 Å². The third-order valence-corrected chi connectivity index (χ3v) is 0.867. The van der Waals surface area contributed by atoms with Crippen molar-refractivity contribution in [2.75, 3.05) is 6.61 Å². The lowest BCUT2D eigenvalue weighted by Gasteiger charge is -2.19. The first-order valence-electron chi connectivity index (χ1n) is 3.24. The van der Waals surface area contributed by atoms with E-state index in [1.54, 1.807) is 0 Å². The fraction of sp³-hybridized carbons (Fsp3) is 0.778. The zero-order valence-corrected chi connectivity index (χ0v) is 6.72. The van der Waals surface area contributed by atoms with Crippen LogP contribution in [0.4, 0.5) is 0 Å². The molecule has 0 aliphatic heterocycles. The molecule has 0 aliphatic carbocycles. The standard InChI is InChI=1S/C8H14O2.CH4/c1-5-7(9)6-10-8(2,3)4;/h1,7,9H,6H2,2-4H3;1H4/t7-;/m1./s1. The highest BCUT2D eigenvalue weighted by molar-refractivity contribution is 4.93. The molecule has 0 aromatic heterocycles. The molecule has 0 unspecified atom stereocenters. The molecule has 0 fully saturated rings. The third-order valence-electron chi connectivity index (χ3n) is 0.867. The molecule has 0 radical (unpaired) electrons. The van der Waals surface area contributed by atoms with Crippen molar-refractivity contribution < 1.29 is 9.84 Å². The minimum Gasteiger partial charge on any atom is -0.378 e. The predicted octanol–water partition coefficient (Wildman–Crippen LogP) is 1.43. The zero-order chi connectivity index (χ0) is 8.20. The van der Waals surface area contributed by atoms with Gasteiger partial charge in [0, 0.05) is 0 Å². The molecule has 0 rings (SSSR count). The smallest absolute Gasteiger partial charge is 0.137 e. The minimum atomic E-state index is -0.778. The maximum absolute atomic E-state index is 8.86. The summed E-state index contributed by atoms with van der Waals surface area (Å²) in [6.45, 7) is 5.95. The van der Waals surface area contributed by atoms with E-state index >= 15 is 0 Å². The van der Waals surface area contributed by atoms with Crippen LogP contribution in [0.3, 0.4) is 0 Å². The van der Waals surface area contributed by atoms with Crippen molar-refractivity contribution in [2.24, 2.45) is 0 Å². The highest BCUT2D eigenvalue weighted by atomic mass is 16.5. The fourth-order valence-electron chi connectivity index (χ4n) is 0.377. The maximum atomic E-state index is 8.86. The Bertz CT molecular complexity index is 127. The molecule has 0 spiro atoms. The van der Waals surface area contributed by atoms with Crippen molar-refractivity contribution >= 4 is 0 Å². The topological polar surface area (TPSA) is 29.5 Å². The SMILES string of the molecule is C.C#C[C@@H](O)COC(C)(C)C. The van der Waals surface area contributed by atoms with Crippen LogP contribution in [0.1, 0.15) is 28.2 Å². The number of hydrogen-bond acceptors (Lipinski definition) is 2. The van der Waals surface area contributed by atoms with Crippen LogP contribution in [0.15, 0.2) is 0 Å². The van der Waals surface area contributed by atoms with Crippen LogP contribution < -0.4 is 0 Å². The summed E-state index contributed by atoms with van der Waals surface area (Å²) in [6, 6.07) is 0. The van der Waals surface area contributed by atoms with E-state index in [0.29, 0.717) is 0 Å². The van der Waals surface area contributed by atoms with Gasteiger partial charge in [0.25, 0.3) is 0 Å². The summed E-state index contributed by atoms with van der Waals surface area (Å²) in [6.07, 6.45) is 4.14.